The lowest BCUT2D eigenvalue weighted by molar-refractivity contribution is -0.121. The monoisotopic (exact) mass is 357 g/mol. The van der Waals surface area contributed by atoms with E-state index in [4.69, 9.17) is 0 Å². The van der Waals surface area contributed by atoms with Crippen molar-refractivity contribution in [2.24, 2.45) is 0 Å². The molecule has 1 aromatic heterocycles. The zero-order chi connectivity index (χ0) is 18.8. The van der Waals surface area contributed by atoms with Crippen molar-refractivity contribution in [1.29, 1.82) is 0 Å². The summed E-state index contributed by atoms with van der Waals surface area (Å²) in [6, 6.07) is 21.2. The molecule has 0 saturated carbocycles. The summed E-state index contributed by atoms with van der Waals surface area (Å²) in [7, 11) is 0. The van der Waals surface area contributed by atoms with Crippen molar-refractivity contribution in [1.82, 2.24) is 15.5 Å². The summed E-state index contributed by atoms with van der Waals surface area (Å²) >= 11 is 0. The molecule has 4 rings (SSSR count). The van der Waals surface area contributed by atoms with E-state index in [-0.39, 0.29) is 23.9 Å². The Labute approximate surface area is 156 Å². The van der Waals surface area contributed by atoms with Crippen LogP contribution >= 0.6 is 0 Å². The first-order valence-electron chi connectivity index (χ1n) is 8.87. The highest BCUT2D eigenvalue weighted by molar-refractivity contribution is 5.89. The predicted octanol–water partition coefficient (Wildman–Crippen LogP) is 3.50. The number of carbonyl (C=O) groups excluding carboxylic acids is 1. The van der Waals surface area contributed by atoms with Crippen LogP contribution in [0.2, 0.25) is 0 Å². The molecule has 27 heavy (non-hydrogen) atoms. The van der Waals surface area contributed by atoms with Gasteiger partial charge in [-0.3, -0.25) is 9.59 Å². The fourth-order valence-corrected chi connectivity index (χ4v) is 3.46. The quantitative estimate of drug-likeness (QED) is 0.587. The van der Waals surface area contributed by atoms with E-state index >= 15 is 0 Å². The van der Waals surface area contributed by atoms with E-state index in [1.165, 1.54) is 0 Å². The van der Waals surface area contributed by atoms with E-state index < -0.39 is 0 Å². The number of fused-ring (bicyclic) bond motifs is 2. The summed E-state index contributed by atoms with van der Waals surface area (Å²) in [5.41, 5.74) is 1.38. The minimum Gasteiger partial charge on any atom is -0.349 e. The maximum absolute atomic E-state index is 12.6. The van der Waals surface area contributed by atoms with Crippen LogP contribution in [0.25, 0.3) is 21.5 Å². The molecule has 5 nitrogen and oxygen atoms in total. The smallest absolute Gasteiger partial charge is 0.272 e. The number of aromatic amines is 1. The highest BCUT2D eigenvalue weighted by Gasteiger charge is 2.15. The number of H-pyrrole nitrogens is 1. The number of rotatable bonds is 4. The molecule has 0 aliphatic rings. The summed E-state index contributed by atoms with van der Waals surface area (Å²) in [6.07, 6.45) is 0.104. The molecule has 0 unspecified atom stereocenters. The number of nitrogens with one attached hydrogen (secondary N) is 2. The molecule has 0 fully saturated rings. The fourth-order valence-electron chi connectivity index (χ4n) is 3.46. The first-order chi connectivity index (χ1) is 13.1. The minimum atomic E-state index is -0.251. The Balaban J connectivity index is 1.58. The molecule has 2 N–H and O–H groups in total. The fraction of sp³-hybridized carbons (Fsp3) is 0.136. The van der Waals surface area contributed by atoms with Crippen molar-refractivity contribution < 1.29 is 4.79 Å². The van der Waals surface area contributed by atoms with Gasteiger partial charge < -0.3 is 5.32 Å². The SMILES string of the molecule is C[C@@H](NC(=O)Cc1n[nH]c(=O)c2ccccc12)c1cccc2ccccc12. The molecule has 0 spiro atoms. The second-order valence-corrected chi connectivity index (χ2v) is 6.58. The van der Waals surface area contributed by atoms with Gasteiger partial charge >= 0.3 is 0 Å². The van der Waals surface area contributed by atoms with Crippen LogP contribution in [0, 0.1) is 0 Å². The second kappa shape index (κ2) is 7.03. The van der Waals surface area contributed by atoms with Crippen molar-refractivity contribution in [2.75, 3.05) is 0 Å². The highest BCUT2D eigenvalue weighted by Crippen LogP contribution is 2.24. The van der Waals surface area contributed by atoms with Crippen LogP contribution in [0.3, 0.4) is 0 Å². The topological polar surface area (TPSA) is 74.8 Å². The molecular weight excluding hydrogens is 338 g/mol. The Bertz CT molecular complexity index is 1190. The maximum atomic E-state index is 12.6. The van der Waals surface area contributed by atoms with Gasteiger partial charge in [-0.05, 0) is 29.3 Å². The third-order valence-electron chi connectivity index (χ3n) is 4.77. The van der Waals surface area contributed by atoms with Crippen LogP contribution in [0.4, 0.5) is 0 Å². The molecule has 1 amide bonds. The van der Waals surface area contributed by atoms with E-state index in [0.29, 0.717) is 16.5 Å². The number of hydrogen-bond donors (Lipinski definition) is 2. The van der Waals surface area contributed by atoms with Gasteiger partial charge in [0.25, 0.3) is 5.56 Å². The van der Waals surface area contributed by atoms with Crippen LogP contribution in [-0.4, -0.2) is 16.1 Å². The third kappa shape index (κ3) is 3.31. The molecule has 4 aromatic rings. The van der Waals surface area contributed by atoms with E-state index in [1.54, 1.807) is 12.1 Å². The molecule has 3 aromatic carbocycles. The summed E-state index contributed by atoms with van der Waals surface area (Å²) in [6.45, 7) is 1.97. The average molecular weight is 357 g/mol. The molecule has 0 aliphatic heterocycles. The van der Waals surface area contributed by atoms with Gasteiger partial charge in [0.15, 0.2) is 0 Å². The van der Waals surface area contributed by atoms with Crippen molar-refractivity contribution in [3.63, 3.8) is 0 Å². The van der Waals surface area contributed by atoms with E-state index in [1.807, 2.05) is 43.3 Å². The van der Waals surface area contributed by atoms with Crippen LogP contribution in [0.1, 0.15) is 24.2 Å². The zero-order valence-corrected chi connectivity index (χ0v) is 14.9. The Morgan fingerprint density at radius 3 is 2.44 bits per heavy atom. The van der Waals surface area contributed by atoms with Crippen molar-refractivity contribution in [3.05, 3.63) is 88.3 Å². The molecule has 134 valence electrons. The molecule has 0 bridgehead atoms. The van der Waals surface area contributed by atoms with Gasteiger partial charge in [-0.15, -0.1) is 0 Å². The lowest BCUT2D eigenvalue weighted by Gasteiger charge is -2.17. The third-order valence-corrected chi connectivity index (χ3v) is 4.77. The van der Waals surface area contributed by atoms with Gasteiger partial charge in [-0.1, -0.05) is 60.7 Å². The summed E-state index contributed by atoms with van der Waals surface area (Å²) in [5.74, 6) is -0.139. The number of aromatic nitrogens is 2. The first-order valence-corrected chi connectivity index (χ1v) is 8.87. The summed E-state index contributed by atoms with van der Waals surface area (Å²) in [4.78, 5) is 24.5. The van der Waals surface area contributed by atoms with Gasteiger partial charge in [-0.2, -0.15) is 5.10 Å². The lowest BCUT2D eigenvalue weighted by Crippen LogP contribution is -2.29. The van der Waals surface area contributed by atoms with Crippen LogP contribution < -0.4 is 10.9 Å². The molecule has 0 saturated heterocycles. The molecular formula is C22H19N3O2. The van der Waals surface area contributed by atoms with Gasteiger partial charge in [0.1, 0.15) is 0 Å². The van der Waals surface area contributed by atoms with E-state index in [2.05, 4.69) is 33.7 Å². The van der Waals surface area contributed by atoms with E-state index in [0.717, 1.165) is 16.3 Å². The Morgan fingerprint density at radius 1 is 0.963 bits per heavy atom. The average Bonchev–Trinajstić information content (AvgIpc) is 2.70. The largest absolute Gasteiger partial charge is 0.349 e. The summed E-state index contributed by atoms with van der Waals surface area (Å²) in [5, 5.41) is 13.1. The van der Waals surface area contributed by atoms with Gasteiger partial charge in [0.05, 0.1) is 23.5 Å². The Kier molecular flexibility index (Phi) is 4.42. The van der Waals surface area contributed by atoms with Gasteiger partial charge in [0.2, 0.25) is 5.91 Å². The Morgan fingerprint density at radius 2 is 1.63 bits per heavy atom. The number of benzene rings is 3. The zero-order valence-electron chi connectivity index (χ0n) is 14.9. The summed E-state index contributed by atoms with van der Waals surface area (Å²) < 4.78 is 0. The normalized spacial score (nSPS) is 12.2. The van der Waals surface area contributed by atoms with Gasteiger partial charge in [0, 0.05) is 5.39 Å². The number of amides is 1. The minimum absolute atomic E-state index is 0.104. The molecule has 1 atom stereocenters. The molecule has 0 aliphatic carbocycles. The predicted molar refractivity (Wildman–Crippen MR) is 107 cm³/mol. The van der Waals surface area contributed by atoms with Gasteiger partial charge in [-0.25, -0.2) is 5.10 Å². The molecule has 5 heteroatoms. The first kappa shape index (κ1) is 17.0. The van der Waals surface area contributed by atoms with Crippen molar-refractivity contribution >= 4 is 27.5 Å². The standard InChI is InChI=1S/C22H19N3O2/c1-14(16-12-6-8-15-7-2-3-9-17(15)16)23-21(26)13-20-18-10-4-5-11-19(18)22(27)25-24-20/h2-12,14H,13H2,1H3,(H,23,26)(H,25,27)/t14-/m1/s1. The van der Waals surface area contributed by atoms with Crippen molar-refractivity contribution in [3.8, 4) is 0 Å². The van der Waals surface area contributed by atoms with Crippen molar-refractivity contribution in [2.45, 2.75) is 19.4 Å². The molecule has 0 radical (unpaired) electrons. The van der Waals surface area contributed by atoms with Crippen LogP contribution in [0.5, 0.6) is 0 Å². The second-order valence-electron chi connectivity index (χ2n) is 6.58. The number of hydrogen-bond acceptors (Lipinski definition) is 3. The number of carbonyl (C=O) groups is 1. The van der Waals surface area contributed by atoms with Crippen LogP contribution in [-0.2, 0) is 11.2 Å². The molecule has 1 heterocycles. The lowest BCUT2D eigenvalue weighted by atomic mass is 9.99. The number of nitrogens with zero attached hydrogens (tertiary/aromatic N) is 1. The Hall–Kier alpha value is -3.47. The van der Waals surface area contributed by atoms with Crippen LogP contribution in [0.15, 0.2) is 71.5 Å². The van der Waals surface area contributed by atoms with E-state index in [9.17, 15) is 9.59 Å². The maximum Gasteiger partial charge on any atom is 0.272 e. The highest BCUT2D eigenvalue weighted by atomic mass is 16.1.